The van der Waals surface area contributed by atoms with E-state index in [1.54, 1.807) is 19.3 Å². The normalized spacial score (nSPS) is 14.5. The quantitative estimate of drug-likeness (QED) is 0.782. The Bertz CT molecular complexity index is 355. The number of hydrogen-bond donors (Lipinski definition) is 2. The Morgan fingerprint density at radius 2 is 2.28 bits per heavy atom. The van der Waals surface area contributed by atoms with Gasteiger partial charge in [0.15, 0.2) is 0 Å². The maximum absolute atomic E-state index is 11.6. The number of rotatable bonds is 7. The van der Waals surface area contributed by atoms with Gasteiger partial charge in [-0.2, -0.15) is 0 Å². The number of carbonyl (C=O) groups is 1. The van der Waals surface area contributed by atoms with Crippen LogP contribution in [0.5, 0.6) is 0 Å². The van der Waals surface area contributed by atoms with Gasteiger partial charge in [0.2, 0.25) is 5.91 Å². The largest absolute Gasteiger partial charge is 0.469 e. The van der Waals surface area contributed by atoms with E-state index in [9.17, 15) is 9.90 Å². The van der Waals surface area contributed by atoms with Gasteiger partial charge in [-0.3, -0.25) is 4.79 Å². The lowest BCUT2D eigenvalue weighted by molar-refractivity contribution is -0.122. The van der Waals surface area contributed by atoms with Gasteiger partial charge >= 0.3 is 0 Å². The lowest BCUT2D eigenvalue weighted by atomic mass is 9.94. The first-order chi connectivity index (χ1) is 8.39. The zero-order valence-electron chi connectivity index (χ0n) is 11.4. The summed E-state index contributed by atoms with van der Waals surface area (Å²) in [5.41, 5.74) is -0.839. The Labute approximate surface area is 108 Å². The Balaban J connectivity index is 2.24. The summed E-state index contributed by atoms with van der Waals surface area (Å²) in [6.07, 6.45) is 3.24. The number of hydrogen-bond acceptors (Lipinski definition) is 3. The molecule has 1 rings (SSSR count). The molecule has 4 heteroatoms. The fourth-order valence-corrected chi connectivity index (χ4v) is 2.02. The van der Waals surface area contributed by atoms with Crippen LogP contribution in [0.15, 0.2) is 22.8 Å². The van der Waals surface area contributed by atoms with Crippen LogP contribution < -0.4 is 5.32 Å². The van der Waals surface area contributed by atoms with Crippen molar-refractivity contribution < 1.29 is 14.3 Å². The van der Waals surface area contributed by atoms with Crippen LogP contribution in [0.4, 0.5) is 0 Å². The van der Waals surface area contributed by atoms with Crippen molar-refractivity contribution in [2.24, 2.45) is 5.92 Å². The number of carbonyl (C=O) groups excluding carboxylic acids is 1. The minimum atomic E-state index is -0.839. The maximum atomic E-state index is 11.6. The molecule has 0 aliphatic carbocycles. The van der Waals surface area contributed by atoms with Crippen molar-refractivity contribution in [1.29, 1.82) is 0 Å². The summed E-state index contributed by atoms with van der Waals surface area (Å²) in [6.45, 7) is 6.14. The van der Waals surface area contributed by atoms with E-state index in [4.69, 9.17) is 4.42 Å². The van der Waals surface area contributed by atoms with E-state index in [2.05, 4.69) is 5.32 Å². The van der Waals surface area contributed by atoms with Gasteiger partial charge in [-0.25, -0.2) is 0 Å². The molecule has 0 fully saturated rings. The van der Waals surface area contributed by atoms with Crippen molar-refractivity contribution in [2.75, 3.05) is 6.54 Å². The number of nitrogens with one attached hydrogen (secondary N) is 1. The summed E-state index contributed by atoms with van der Waals surface area (Å²) >= 11 is 0. The standard InChI is InChI=1S/C14H23NO3/c1-11(2)9-14(3,17)10-15-13(16)7-6-12-5-4-8-18-12/h4-5,8,11,17H,6-7,9-10H2,1-3H3,(H,15,16). The molecule has 18 heavy (non-hydrogen) atoms. The van der Waals surface area contributed by atoms with Crippen molar-refractivity contribution in [3.8, 4) is 0 Å². The summed E-state index contributed by atoms with van der Waals surface area (Å²) in [7, 11) is 0. The second-order valence-electron chi connectivity index (χ2n) is 5.45. The van der Waals surface area contributed by atoms with E-state index in [-0.39, 0.29) is 5.91 Å². The van der Waals surface area contributed by atoms with Crippen LogP contribution in [0.1, 0.15) is 39.4 Å². The smallest absolute Gasteiger partial charge is 0.220 e. The molecule has 1 unspecified atom stereocenters. The minimum absolute atomic E-state index is 0.0598. The predicted octanol–water partition coefficient (Wildman–Crippen LogP) is 2.13. The minimum Gasteiger partial charge on any atom is -0.469 e. The Kier molecular flexibility index (Phi) is 5.41. The molecule has 1 atom stereocenters. The molecule has 0 radical (unpaired) electrons. The molecular weight excluding hydrogens is 230 g/mol. The first-order valence-electron chi connectivity index (χ1n) is 6.40. The van der Waals surface area contributed by atoms with E-state index in [0.29, 0.717) is 31.7 Å². The van der Waals surface area contributed by atoms with Gasteiger partial charge in [0, 0.05) is 19.4 Å². The second kappa shape index (κ2) is 6.59. The SMILES string of the molecule is CC(C)CC(C)(O)CNC(=O)CCc1ccco1. The Hall–Kier alpha value is -1.29. The monoisotopic (exact) mass is 253 g/mol. The second-order valence-corrected chi connectivity index (χ2v) is 5.45. The van der Waals surface area contributed by atoms with Crippen molar-refractivity contribution in [1.82, 2.24) is 5.32 Å². The molecule has 0 saturated carbocycles. The highest BCUT2D eigenvalue weighted by atomic mass is 16.3. The van der Waals surface area contributed by atoms with Crippen LogP contribution in [-0.2, 0) is 11.2 Å². The fraction of sp³-hybridized carbons (Fsp3) is 0.643. The van der Waals surface area contributed by atoms with Gasteiger partial charge in [0.1, 0.15) is 5.76 Å². The summed E-state index contributed by atoms with van der Waals surface area (Å²) < 4.78 is 5.15. The highest BCUT2D eigenvalue weighted by Crippen LogP contribution is 2.15. The van der Waals surface area contributed by atoms with Crippen molar-refractivity contribution in [2.45, 2.75) is 45.6 Å². The highest BCUT2D eigenvalue weighted by molar-refractivity contribution is 5.76. The summed E-state index contributed by atoms with van der Waals surface area (Å²) in [5, 5.41) is 12.8. The fourth-order valence-electron chi connectivity index (χ4n) is 2.02. The molecule has 0 bridgehead atoms. The van der Waals surface area contributed by atoms with Gasteiger partial charge < -0.3 is 14.8 Å². The molecule has 102 valence electrons. The predicted molar refractivity (Wildman–Crippen MR) is 70.1 cm³/mol. The summed E-state index contributed by atoms with van der Waals surface area (Å²) in [5.74, 6) is 1.15. The van der Waals surface area contributed by atoms with Crippen LogP contribution in [0.3, 0.4) is 0 Å². The summed E-state index contributed by atoms with van der Waals surface area (Å²) in [4.78, 5) is 11.6. The molecule has 0 aliphatic heterocycles. The van der Waals surface area contributed by atoms with Crippen molar-refractivity contribution in [3.63, 3.8) is 0 Å². The number of aryl methyl sites for hydroxylation is 1. The van der Waals surface area contributed by atoms with Gasteiger partial charge in [-0.1, -0.05) is 13.8 Å². The van der Waals surface area contributed by atoms with Crippen LogP contribution in [0.2, 0.25) is 0 Å². The molecular formula is C14H23NO3. The third kappa shape index (κ3) is 5.87. The third-order valence-corrected chi connectivity index (χ3v) is 2.69. The maximum Gasteiger partial charge on any atom is 0.220 e. The van der Waals surface area contributed by atoms with E-state index >= 15 is 0 Å². The van der Waals surface area contributed by atoms with Gasteiger partial charge in [0.25, 0.3) is 0 Å². The summed E-state index contributed by atoms with van der Waals surface area (Å²) in [6, 6.07) is 3.66. The van der Waals surface area contributed by atoms with E-state index in [0.717, 1.165) is 5.76 Å². The number of amides is 1. The average molecular weight is 253 g/mol. The van der Waals surface area contributed by atoms with E-state index in [1.165, 1.54) is 0 Å². The average Bonchev–Trinajstić information content (AvgIpc) is 2.74. The Morgan fingerprint density at radius 1 is 1.56 bits per heavy atom. The first kappa shape index (κ1) is 14.8. The zero-order chi connectivity index (χ0) is 13.6. The van der Waals surface area contributed by atoms with Crippen molar-refractivity contribution in [3.05, 3.63) is 24.2 Å². The molecule has 1 aromatic rings. The molecule has 1 heterocycles. The van der Waals surface area contributed by atoms with Crippen LogP contribution >= 0.6 is 0 Å². The molecule has 0 aromatic carbocycles. The van der Waals surface area contributed by atoms with Crippen LogP contribution in [0.25, 0.3) is 0 Å². The zero-order valence-corrected chi connectivity index (χ0v) is 11.4. The van der Waals surface area contributed by atoms with E-state index in [1.807, 2.05) is 19.9 Å². The van der Waals surface area contributed by atoms with Gasteiger partial charge in [0.05, 0.1) is 11.9 Å². The van der Waals surface area contributed by atoms with Gasteiger partial charge in [-0.05, 0) is 31.4 Å². The molecule has 1 aromatic heterocycles. The number of aliphatic hydroxyl groups is 1. The molecule has 0 saturated heterocycles. The van der Waals surface area contributed by atoms with Gasteiger partial charge in [-0.15, -0.1) is 0 Å². The highest BCUT2D eigenvalue weighted by Gasteiger charge is 2.22. The lowest BCUT2D eigenvalue weighted by Gasteiger charge is -2.25. The molecule has 0 spiro atoms. The first-order valence-corrected chi connectivity index (χ1v) is 6.40. The van der Waals surface area contributed by atoms with E-state index < -0.39 is 5.60 Å². The van der Waals surface area contributed by atoms with Crippen LogP contribution in [-0.4, -0.2) is 23.2 Å². The molecule has 1 amide bonds. The lowest BCUT2D eigenvalue weighted by Crippen LogP contribution is -2.41. The molecule has 2 N–H and O–H groups in total. The number of furan rings is 1. The Morgan fingerprint density at radius 3 is 2.83 bits per heavy atom. The van der Waals surface area contributed by atoms with Crippen LogP contribution in [0, 0.1) is 5.92 Å². The third-order valence-electron chi connectivity index (χ3n) is 2.69. The molecule has 4 nitrogen and oxygen atoms in total. The topological polar surface area (TPSA) is 62.5 Å². The molecule has 0 aliphatic rings. The van der Waals surface area contributed by atoms with Crippen molar-refractivity contribution >= 4 is 5.91 Å².